The van der Waals surface area contributed by atoms with Gasteiger partial charge in [0.2, 0.25) is 0 Å². The largest absolute Gasteiger partial charge is 0.612 e. The summed E-state index contributed by atoms with van der Waals surface area (Å²) < 4.78 is 10.9. The summed E-state index contributed by atoms with van der Waals surface area (Å²) in [5.41, 5.74) is 0. The van der Waals surface area contributed by atoms with Crippen LogP contribution in [0, 0.1) is 0 Å². The first-order valence-electron chi connectivity index (χ1n) is 2.82. The molecule has 3 heteroatoms. The fraction of sp³-hybridized carbons (Fsp3) is 0.143. The zero-order chi connectivity index (χ0) is 7.56. The molecule has 0 saturated heterocycles. The summed E-state index contributed by atoms with van der Waals surface area (Å²) in [7, 11) is 0. The molecule has 0 spiro atoms. The van der Waals surface area contributed by atoms with Crippen molar-refractivity contribution in [2.24, 2.45) is 0 Å². The Kier molecular flexibility index (Phi) is 2.65. The molecule has 1 unspecified atom stereocenters. The van der Waals surface area contributed by atoms with Gasteiger partial charge in [0.15, 0.2) is 4.90 Å². The van der Waals surface area contributed by atoms with E-state index in [2.05, 4.69) is 12.6 Å². The molecule has 10 heavy (non-hydrogen) atoms. The van der Waals surface area contributed by atoms with Gasteiger partial charge >= 0.3 is 0 Å². The Labute approximate surface area is 69.0 Å². The second-order valence-electron chi connectivity index (χ2n) is 1.95. The Balaban J connectivity index is 2.96. The van der Waals surface area contributed by atoms with Crippen molar-refractivity contribution >= 4 is 23.8 Å². The maximum atomic E-state index is 10.9. The summed E-state index contributed by atoms with van der Waals surface area (Å²) in [6, 6.07) is 7.34. The van der Waals surface area contributed by atoms with Crippen molar-refractivity contribution in [2.45, 2.75) is 9.79 Å². The lowest BCUT2D eigenvalue weighted by atomic mass is 10.4. The van der Waals surface area contributed by atoms with Crippen LogP contribution in [0.15, 0.2) is 34.1 Å². The summed E-state index contributed by atoms with van der Waals surface area (Å²) in [6.07, 6.45) is 1.66. The van der Waals surface area contributed by atoms with E-state index in [1.807, 2.05) is 18.2 Å². The Morgan fingerprint density at radius 2 is 2.20 bits per heavy atom. The summed E-state index contributed by atoms with van der Waals surface area (Å²) in [6.45, 7) is 0. The molecule has 0 radical (unpaired) electrons. The molecule has 0 bridgehead atoms. The van der Waals surface area contributed by atoms with Crippen molar-refractivity contribution in [1.82, 2.24) is 0 Å². The van der Waals surface area contributed by atoms with Crippen LogP contribution in [0.4, 0.5) is 0 Å². The molecule has 1 atom stereocenters. The zero-order valence-electron chi connectivity index (χ0n) is 5.57. The molecule has 54 valence electrons. The van der Waals surface area contributed by atoms with Gasteiger partial charge in [-0.15, -0.1) is 12.6 Å². The van der Waals surface area contributed by atoms with Crippen LogP contribution in [0.1, 0.15) is 0 Å². The lowest BCUT2D eigenvalue weighted by molar-refractivity contribution is 0.600. The Morgan fingerprint density at radius 3 is 2.60 bits per heavy atom. The van der Waals surface area contributed by atoms with E-state index in [1.54, 1.807) is 12.3 Å². The predicted molar refractivity (Wildman–Crippen MR) is 46.0 cm³/mol. The summed E-state index contributed by atoms with van der Waals surface area (Å²) >= 11 is 3.23. The average molecular weight is 172 g/mol. The molecule has 1 nitrogen and oxygen atoms in total. The highest BCUT2D eigenvalue weighted by Gasteiger charge is 2.01. The number of rotatable bonds is 1. The summed E-state index contributed by atoms with van der Waals surface area (Å²) in [5, 5.41) is 0. The molecule has 0 N–H and O–H groups in total. The summed E-state index contributed by atoms with van der Waals surface area (Å²) in [4.78, 5) is 1.68. The minimum Gasteiger partial charge on any atom is -0.612 e. The van der Waals surface area contributed by atoms with Gasteiger partial charge in [-0.1, -0.05) is 6.07 Å². The SMILES string of the molecule is C[S+]([O-])c1cccc(S)c1. The molecule has 0 aliphatic carbocycles. The van der Waals surface area contributed by atoms with Crippen LogP contribution in [0.25, 0.3) is 0 Å². The minimum atomic E-state index is -0.888. The maximum absolute atomic E-state index is 10.9. The number of hydrogen-bond donors (Lipinski definition) is 1. The normalized spacial score (nSPS) is 13.1. The van der Waals surface area contributed by atoms with Gasteiger partial charge in [0.1, 0.15) is 6.26 Å². The van der Waals surface area contributed by atoms with E-state index in [4.69, 9.17) is 0 Å². The minimum absolute atomic E-state index is 0.826. The van der Waals surface area contributed by atoms with Crippen molar-refractivity contribution in [2.75, 3.05) is 6.26 Å². The van der Waals surface area contributed by atoms with Crippen molar-refractivity contribution in [3.63, 3.8) is 0 Å². The number of benzene rings is 1. The van der Waals surface area contributed by atoms with Crippen molar-refractivity contribution in [1.29, 1.82) is 0 Å². The maximum Gasteiger partial charge on any atom is 0.153 e. The van der Waals surface area contributed by atoms with E-state index in [0.717, 1.165) is 9.79 Å². The fourth-order valence-corrected chi connectivity index (χ4v) is 1.54. The number of thiol groups is 1. The van der Waals surface area contributed by atoms with E-state index in [1.165, 1.54) is 0 Å². The third-order valence-corrected chi connectivity index (χ3v) is 2.35. The van der Waals surface area contributed by atoms with E-state index >= 15 is 0 Å². The van der Waals surface area contributed by atoms with E-state index in [9.17, 15) is 4.55 Å². The molecule has 0 aromatic heterocycles. The lowest BCUT2D eigenvalue weighted by Gasteiger charge is -2.02. The lowest BCUT2D eigenvalue weighted by Crippen LogP contribution is -1.95. The van der Waals surface area contributed by atoms with Gasteiger partial charge < -0.3 is 4.55 Å². The third kappa shape index (κ3) is 1.94. The van der Waals surface area contributed by atoms with Crippen LogP contribution in [0.2, 0.25) is 0 Å². The van der Waals surface area contributed by atoms with Crippen molar-refractivity contribution in [3.05, 3.63) is 24.3 Å². The van der Waals surface area contributed by atoms with Crippen LogP contribution in [0.3, 0.4) is 0 Å². The Bertz CT molecular complexity index is 223. The second kappa shape index (κ2) is 3.32. The standard InChI is InChI=1S/C7H8OS2/c1-10(8)7-4-2-3-6(9)5-7/h2-5,9H,1H3. The van der Waals surface area contributed by atoms with Gasteiger partial charge in [-0.2, -0.15) is 0 Å². The Hall–Kier alpha value is -0.120. The highest BCUT2D eigenvalue weighted by atomic mass is 32.2. The smallest absolute Gasteiger partial charge is 0.153 e. The molecular formula is C7H8OS2. The van der Waals surface area contributed by atoms with Crippen molar-refractivity contribution in [3.8, 4) is 0 Å². The fourth-order valence-electron chi connectivity index (χ4n) is 0.662. The van der Waals surface area contributed by atoms with Crippen LogP contribution in [-0.2, 0) is 11.2 Å². The molecule has 0 amide bonds. The van der Waals surface area contributed by atoms with Gasteiger partial charge in [0, 0.05) is 11.0 Å². The van der Waals surface area contributed by atoms with Crippen LogP contribution in [0.5, 0.6) is 0 Å². The molecule has 0 saturated carbocycles. The molecule has 0 heterocycles. The van der Waals surface area contributed by atoms with Crippen LogP contribution >= 0.6 is 12.6 Å². The van der Waals surface area contributed by atoms with E-state index in [0.29, 0.717) is 0 Å². The van der Waals surface area contributed by atoms with Gasteiger partial charge in [-0.05, 0) is 23.3 Å². The Morgan fingerprint density at radius 1 is 1.50 bits per heavy atom. The van der Waals surface area contributed by atoms with E-state index in [-0.39, 0.29) is 0 Å². The quantitative estimate of drug-likeness (QED) is 0.506. The zero-order valence-corrected chi connectivity index (χ0v) is 7.28. The van der Waals surface area contributed by atoms with Crippen molar-refractivity contribution < 1.29 is 4.55 Å². The van der Waals surface area contributed by atoms with Gasteiger partial charge in [0.25, 0.3) is 0 Å². The monoisotopic (exact) mass is 172 g/mol. The first-order valence-corrected chi connectivity index (χ1v) is 4.83. The molecule has 1 rings (SSSR count). The third-order valence-electron chi connectivity index (χ3n) is 1.15. The van der Waals surface area contributed by atoms with E-state index < -0.39 is 11.2 Å². The van der Waals surface area contributed by atoms with Crippen LogP contribution < -0.4 is 0 Å². The van der Waals surface area contributed by atoms with Gasteiger partial charge in [-0.25, -0.2) is 0 Å². The topological polar surface area (TPSA) is 23.1 Å². The first kappa shape index (κ1) is 7.98. The summed E-state index contributed by atoms with van der Waals surface area (Å²) in [5.74, 6) is 0. The van der Waals surface area contributed by atoms with Crippen LogP contribution in [-0.4, -0.2) is 10.8 Å². The molecule has 1 aromatic rings. The van der Waals surface area contributed by atoms with Gasteiger partial charge in [0.05, 0.1) is 0 Å². The molecule has 0 aliphatic heterocycles. The number of hydrogen-bond acceptors (Lipinski definition) is 2. The molecule has 1 aromatic carbocycles. The van der Waals surface area contributed by atoms with Gasteiger partial charge in [-0.3, -0.25) is 0 Å². The molecule has 0 aliphatic rings. The highest BCUT2D eigenvalue weighted by molar-refractivity contribution is 7.90. The second-order valence-corrected chi connectivity index (χ2v) is 3.85. The average Bonchev–Trinajstić information content (AvgIpc) is 1.88. The molecular weight excluding hydrogens is 164 g/mol. The first-order chi connectivity index (χ1) is 4.70. The molecule has 0 fully saturated rings. The predicted octanol–water partition coefficient (Wildman–Crippen LogP) is 1.71. The highest BCUT2D eigenvalue weighted by Crippen LogP contribution is 2.13.